The molecule has 0 fully saturated rings. The summed E-state index contributed by atoms with van der Waals surface area (Å²) >= 11 is 0. The first-order valence-electron chi connectivity index (χ1n) is 34.1. The largest absolute Gasteiger partial charge is 0.462 e. The Morgan fingerprint density at radius 1 is 0.266 bits per heavy atom. The summed E-state index contributed by atoms with van der Waals surface area (Å²) < 4.78 is 16.9. The molecular formula is C73H128O6. The molecule has 0 aliphatic carbocycles. The van der Waals surface area contributed by atoms with Gasteiger partial charge < -0.3 is 14.2 Å². The summed E-state index contributed by atoms with van der Waals surface area (Å²) in [5, 5.41) is 0. The monoisotopic (exact) mass is 1100 g/mol. The van der Waals surface area contributed by atoms with Crippen LogP contribution in [0.4, 0.5) is 0 Å². The van der Waals surface area contributed by atoms with Gasteiger partial charge in [0.05, 0.1) is 0 Å². The van der Waals surface area contributed by atoms with Crippen LogP contribution in [-0.2, 0) is 28.6 Å². The van der Waals surface area contributed by atoms with Crippen LogP contribution in [0.1, 0.15) is 342 Å². The second-order valence-corrected chi connectivity index (χ2v) is 22.7. The fourth-order valence-corrected chi connectivity index (χ4v) is 9.80. The van der Waals surface area contributed by atoms with Gasteiger partial charge in [-0.15, -0.1) is 0 Å². The number of hydrogen-bond acceptors (Lipinski definition) is 6. The molecule has 0 N–H and O–H groups in total. The lowest BCUT2D eigenvalue weighted by molar-refractivity contribution is -0.167. The summed E-state index contributed by atoms with van der Waals surface area (Å²) in [4.78, 5) is 38.3. The molecule has 0 rings (SSSR count). The lowest BCUT2D eigenvalue weighted by atomic mass is 10.0. The van der Waals surface area contributed by atoms with Crippen LogP contribution in [0.25, 0.3) is 0 Å². The van der Waals surface area contributed by atoms with E-state index in [0.717, 1.165) is 96.3 Å². The van der Waals surface area contributed by atoms with Gasteiger partial charge in [-0.05, 0) is 96.3 Å². The van der Waals surface area contributed by atoms with Crippen molar-refractivity contribution in [3.63, 3.8) is 0 Å². The van der Waals surface area contributed by atoms with Gasteiger partial charge in [0, 0.05) is 19.3 Å². The molecule has 0 radical (unpaired) electrons. The van der Waals surface area contributed by atoms with E-state index in [2.05, 4.69) is 106 Å². The van der Waals surface area contributed by atoms with Gasteiger partial charge in [0.1, 0.15) is 13.2 Å². The van der Waals surface area contributed by atoms with Gasteiger partial charge in [0.15, 0.2) is 6.10 Å². The molecule has 0 aromatic carbocycles. The quantitative estimate of drug-likeness (QED) is 0.0261. The van der Waals surface area contributed by atoms with Crippen molar-refractivity contribution in [2.75, 3.05) is 13.2 Å². The van der Waals surface area contributed by atoms with Crippen LogP contribution in [-0.4, -0.2) is 37.2 Å². The second-order valence-electron chi connectivity index (χ2n) is 22.7. The van der Waals surface area contributed by atoms with E-state index in [0.29, 0.717) is 19.3 Å². The molecule has 0 heterocycles. The number of unbranched alkanes of at least 4 members (excludes halogenated alkanes) is 37. The molecule has 0 amide bonds. The fourth-order valence-electron chi connectivity index (χ4n) is 9.80. The van der Waals surface area contributed by atoms with Crippen molar-refractivity contribution in [3.8, 4) is 0 Å². The molecule has 79 heavy (non-hydrogen) atoms. The summed E-state index contributed by atoms with van der Waals surface area (Å²) in [5.74, 6) is -0.865. The molecule has 0 saturated carbocycles. The lowest BCUT2D eigenvalue weighted by Gasteiger charge is -2.18. The Hall–Kier alpha value is -3.41. The minimum Gasteiger partial charge on any atom is -0.462 e. The first-order valence-corrected chi connectivity index (χ1v) is 34.1. The fraction of sp³-hybridized carbons (Fsp3) is 0.767. The predicted octanol–water partition coefficient (Wildman–Crippen LogP) is 23.4. The molecule has 6 heteroatoms. The minimum absolute atomic E-state index is 0.0738. The van der Waals surface area contributed by atoms with Gasteiger partial charge in [0.2, 0.25) is 0 Å². The maximum Gasteiger partial charge on any atom is 0.306 e. The average Bonchev–Trinajstić information content (AvgIpc) is 3.45. The smallest absolute Gasteiger partial charge is 0.306 e. The highest BCUT2D eigenvalue weighted by Gasteiger charge is 2.19. The van der Waals surface area contributed by atoms with Crippen molar-refractivity contribution in [1.29, 1.82) is 0 Å². The van der Waals surface area contributed by atoms with E-state index >= 15 is 0 Å². The van der Waals surface area contributed by atoms with Crippen LogP contribution < -0.4 is 0 Å². The van der Waals surface area contributed by atoms with E-state index < -0.39 is 6.10 Å². The second kappa shape index (κ2) is 67.1. The third-order valence-electron chi connectivity index (χ3n) is 14.9. The first-order chi connectivity index (χ1) is 39.0. The Kier molecular flexibility index (Phi) is 64.2. The Balaban J connectivity index is 4.18. The average molecular weight is 1100 g/mol. The van der Waals surface area contributed by atoms with E-state index in [1.54, 1.807) is 0 Å². The van der Waals surface area contributed by atoms with Crippen LogP contribution in [0.15, 0.2) is 85.1 Å². The molecule has 1 atom stereocenters. The van der Waals surface area contributed by atoms with Crippen LogP contribution in [0.5, 0.6) is 0 Å². The maximum atomic E-state index is 12.9. The van der Waals surface area contributed by atoms with Gasteiger partial charge in [-0.25, -0.2) is 0 Å². The SMILES string of the molecule is CC/C=C\C/C=C\C/C=C\C/C=C\C/C=C\CCCCCCCCCCCCCC(=O)OCC(COC(=O)CCCCCCCCCCC)OC(=O)CCCCCCCCCCCCCCC/C=C\C/C=C\CCCCCCC. The predicted molar refractivity (Wildman–Crippen MR) is 344 cm³/mol. The number of ether oxygens (including phenoxy) is 3. The lowest BCUT2D eigenvalue weighted by Crippen LogP contribution is -2.30. The standard InChI is InChI=1S/C73H128O6/c1-4-7-10-13-16-19-21-23-25-27-29-31-33-35-36-38-39-41-43-45-47-49-51-54-57-60-63-66-72(75)78-69-70(68-77-71(74)65-62-59-56-53-18-15-12-9-6-3)79-73(76)67-64-61-58-55-52-50-48-46-44-42-40-37-34-32-30-28-26-24-22-20-17-14-11-8-5-2/h7,10,16,19,22-25,28-31,35-36,70H,4-6,8-9,11-15,17-18,20-21,26-27,32-34,37-69H2,1-3H3/b10-7-,19-16-,24-22-,25-23-,30-28-,31-29-,36-35-. The normalized spacial score (nSPS) is 12.6. The Bertz CT molecular complexity index is 1500. The van der Waals surface area contributed by atoms with Gasteiger partial charge in [-0.3, -0.25) is 14.4 Å². The highest BCUT2D eigenvalue weighted by molar-refractivity contribution is 5.71. The molecule has 0 spiro atoms. The maximum absolute atomic E-state index is 12.9. The third-order valence-corrected chi connectivity index (χ3v) is 14.9. The van der Waals surface area contributed by atoms with E-state index in [-0.39, 0.29) is 31.1 Å². The van der Waals surface area contributed by atoms with Gasteiger partial charge in [-0.2, -0.15) is 0 Å². The summed E-state index contributed by atoms with van der Waals surface area (Å²) in [7, 11) is 0. The number of hydrogen-bond donors (Lipinski definition) is 0. The third kappa shape index (κ3) is 65.3. The van der Waals surface area contributed by atoms with E-state index in [1.165, 1.54) is 205 Å². The number of carbonyl (C=O) groups excluding carboxylic acids is 3. The summed E-state index contributed by atoms with van der Waals surface area (Å²) in [6.45, 7) is 6.53. The van der Waals surface area contributed by atoms with Gasteiger partial charge in [-0.1, -0.05) is 311 Å². The number of rotatable bonds is 62. The van der Waals surface area contributed by atoms with Crippen LogP contribution in [0, 0.1) is 0 Å². The first kappa shape index (κ1) is 75.6. The zero-order valence-electron chi connectivity index (χ0n) is 52.4. The summed E-state index contributed by atoms with van der Waals surface area (Å²) in [6, 6.07) is 0. The van der Waals surface area contributed by atoms with Crippen LogP contribution in [0.2, 0.25) is 0 Å². The number of esters is 3. The zero-order valence-corrected chi connectivity index (χ0v) is 52.4. The molecule has 0 bridgehead atoms. The molecular weight excluding hydrogens is 973 g/mol. The van der Waals surface area contributed by atoms with Crippen molar-refractivity contribution < 1.29 is 28.6 Å². The molecule has 0 aromatic rings. The highest BCUT2D eigenvalue weighted by atomic mass is 16.6. The van der Waals surface area contributed by atoms with Crippen molar-refractivity contribution >= 4 is 17.9 Å². The topological polar surface area (TPSA) is 78.9 Å². The zero-order chi connectivity index (χ0) is 57.1. The minimum atomic E-state index is -0.776. The summed E-state index contributed by atoms with van der Waals surface area (Å²) in [6.07, 6.45) is 89.0. The van der Waals surface area contributed by atoms with Crippen molar-refractivity contribution in [2.24, 2.45) is 0 Å². The molecule has 0 saturated heterocycles. The highest BCUT2D eigenvalue weighted by Crippen LogP contribution is 2.17. The van der Waals surface area contributed by atoms with Gasteiger partial charge >= 0.3 is 17.9 Å². The summed E-state index contributed by atoms with van der Waals surface area (Å²) in [5.41, 5.74) is 0. The van der Waals surface area contributed by atoms with Crippen LogP contribution >= 0.6 is 0 Å². The van der Waals surface area contributed by atoms with Crippen LogP contribution in [0.3, 0.4) is 0 Å². The molecule has 0 aliphatic rings. The van der Waals surface area contributed by atoms with E-state index in [9.17, 15) is 14.4 Å². The van der Waals surface area contributed by atoms with Crippen molar-refractivity contribution in [3.05, 3.63) is 85.1 Å². The number of allylic oxidation sites excluding steroid dienone is 14. The number of carbonyl (C=O) groups is 3. The Morgan fingerprint density at radius 2 is 0.494 bits per heavy atom. The molecule has 0 aliphatic heterocycles. The van der Waals surface area contributed by atoms with Gasteiger partial charge in [0.25, 0.3) is 0 Å². The molecule has 456 valence electrons. The van der Waals surface area contributed by atoms with Crippen molar-refractivity contribution in [1.82, 2.24) is 0 Å². The van der Waals surface area contributed by atoms with Crippen molar-refractivity contribution in [2.45, 2.75) is 348 Å². The molecule has 6 nitrogen and oxygen atoms in total. The Morgan fingerprint density at radius 3 is 0.772 bits per heavy atom. The molecule has 0 aromatic heterocycles. The van der Waals surface area contributed by atoms with E-state index in [4.69, 9.17) is 14.2 Å². The molecule has 1 unspecified atom stereocenters. The van der Waals surface area contributed by atoms with E-state index in [1.807, 2.05) is 0 Å². The Labute approximate surface area is 490 Å².